The summed E-state index contributed by atoms with van der Waals surface area (Å²) in [5.41, 5.74) is 2.68. The van der Waals surface area contributed by atoms with E-state index in [0.29, 0.717) is 5.92 Å². The normalized spacial score (nSPS) is 10.6. The lowest BCUT2D eigenvalue weighted by atomic mass is 9.88. The first kappa shape index (κ1) is 13.3. The average Bonchev–Trinajstić information content (AvgIpc) is 2.41. The fourth-order valence-electron chi connectivity index (χ4n) is 2.16. The number of benzene rings is 2. The highest BCUT2D eigenvalue weighted by Crippen LogP contribution is 2.29. The number of hydrogen-bond donors (Lipinski definition) is 1. The standard InChI is InChI=1S/C16H16S2/c17-16(18)12-11-15(13-7-3-1-4-8-13)14-9-5-2-6-10-14/h1-10,15H,11-12H2,(H,17,18). The van der Waals surface area contributed by atoms with Crippen molar-refractivity contribution in [3.63, 3.8) is 0 Å². The first-order valence-corrected chi connectivity index (χ1v) is 6.94. The van der Waals surface area contributed by atoms with E-state index in [1.54, 1.807) is 0 Å². The van der Waals surface area contributed by atoms with Crippen LogP contribution in [0.5, 0.6) is 0 Å². The summed E-state index contributed by atoms with van der Waals surface area (Å²) >= 11 is 9.31. The molecule has 0 aliphatic carbocycles. The third-order valence-electron chi connectivity index (χ3n) is 3.05. The molecule has 0 aromatic heterocycles. The van der Waals surface area contributed by atoms with E-state index in [4.69, 9.17) is 12.2 Å². The molecule has 0 saturated heterocycles. The molecule has 0 aliphatic heterocycles. The lowest BCUT2D eigenvalue weighted by Crippen LogP contribution is -2.02. The van der Waals surface area contributed by atoms with Gasteiger partial charge < -0.3 is 0 Å². The minimum Gasteiger partial charge on any atom is -0.136 e. The Kier molecular flexibility index (Phi) is 4.97. The van der Waals surface area contributed by atoms with Crippen LogP contribution in [-0.4, -0.2) is 4.20 Å². The Morgan fingerprint density at radius 1 is 0.889 bits per heavy atom. The van der Waals surface area contributed by atoms with Gasteiger partial charge in [-0.1, -0.05) is 72.9 Å². The van der Waals surface area contributed by atoms with Crippen molar-refractivity contribution in [1.29, 1.82) is 0 Å². The molecule has 0 aliphatic rings. The van der Waals surface area contributed by atoms with E-state index in [0.717, 1.165) is 17.0 Å². The van der Waals surface area contributed by atoms with Crippen molar-refractivity contribution in [1.82, 2.24) is 0 Å². The van der Waals surface area contributed by atoms with Gasteiger partial charge in [-0.15, -0.1) is 12.6 Å². The van der Waals surface area contributed by atoms with Gasteiger partial charge in [0.1, 0.15) is 0 Å². The summed E-state index contributed by atoms with van der Waals surface area (Å²) in [7, 11) is 0. The lowest BCUT2D eigenvalue weighted by molar-refractivity contribution is 0.749. The molecule has 0 saturated carbocycles. The van der Waals surface area contributed by atoms with Crippen LogP contribution in [0.1, 0.15) is 29.9 Å². The highest BCUT2D eigenvalue weighted by molar-refractivity contribution is 8.11. The molecular formula is C16H16S2. The molecule has 0 heterocycles. The maximum absolute atomic E-state index is 5.08. The van der Waals surface area contributed by atoms with E-state index < -0.39 is 0 Å². The molecule has 0 bridgehead atoms. The van der Waals surface area contributed by atoms with Crippen LogP contribution in [0, 0.1) is 0 Å². The van der Waals surface area contributed by atoms with Crippen LogP contribution in [0.2, 0.25) is 0 Å². The Morgan fingerprint density at radius 2 is 1.33 bits per heavy atom. The third-order valence-corrected chi connectivity index (χ3v) is 3.48. The largest absolute Gasteiger partial charge is 0.136 e. The van der Waals surface area contributed by atoms with Gasteiger partial charge in [0, 0.05) is 10.1 Å². The molecule has 18 heavy (non-hydrogen) atoms. The van der Waals surface area contributed by atoms with Crippen molar-refractivity contribution in [2.24, 2.45) is 0 Å². The van der Waals surface area contributed by atoms with Gasteiger partial charge >= 0.3 is 0 Å². The number of thiol groups is 1. The topological polar surface area (TPSA) is 0 Å². The van der Waals surface area contributed by atoms with Crippen molar-refractivity contribution in [2.75, 3.05) is 0 Å². The second kappa shape index (κ2) is 6.72. The molecule has 0 atom stereocenters. The first-order chi connectivity index (χ1) is 8.77. The van der Waals surface area contributed by atoms with Gasteiger partial charge in [-0.05, 0) is 24.0 Å². The summed E-state index contributed by atoms with van der Waals surface area (Å²) in [6, 6.07) is 21.2. The van der Waals surface area contributed by atoms with Crippen molar-refractivity contribution in [2.45, 2.75) is 18.8 Å². The summed E-state index contributed by atoms with van der Waals surface area (Å²) in [5, 5.41) is 0. The fraction of sp³-hybridized carbons (Fsp3) is 0.188. The molecule has 0 amide bonds. The molecular weight excluding hydrogens is 256 g/mol. The van der Waals surface area contributed by atoms with Crippen molar-refractivity contribution < 1.29 is 0 Å². The van der Waals surface area contributed by atoms with Crippen LogP contribution in [0.25, 0.3) is 0 Å². The minimum atomic E-state index is 0.400. The minimum absolute atomic E-state index is 0.400. The van der Waals surface area contributed by atoms with Crippen LogP contribution in [0.4, 0.5) is 0 Å². The zero-order valence-corrected chi connectivity index (χ0v) is 11.8. The second-order valence-corrected chi connectivity index (χ2v) is 5.64. The summed E-state index contributed by atoms with van der Waals surface area (Å²) in [6.45, 7) is 0. The lowest BCUT2D eigenvalue weighted by Gasteiger charge is -2.17. The molecule has 2 rings (SSSR count). The molecule has 0 radical (unpaired) electrons. The molecule has 0 nitrogen and oxygen atoms in total. The van der Waals surface area contributed by atoms with E-state index in [9.17, 15) is 0 Å². The quantitative estimate of drug-likeness (QED) is 0.599. The van der Waals surface area contributed by atoms with E-state index in [1.807, 2.05) is 0 Å². The Labute approximate surface area is 119 Å². The summed E-state index contributed by atoms with van der Waals surface area (Å²) < 4.78 is 0.784. The molecule has 2 heteroatoms. The smallest absolute Gasteiger partial charge is 0.0448 e. The Hall–Kier alpha value is -1.12. The number of rotatable bonds is 5. The molecule has 2 aromatic rings. The maximum atomic E-state index is 5.08. The predicted octanol–water partition coefficient (Wildman–Crippen LogP) is 4.86. The Morgan fingerprint density at radius 3 is 1.72 bits per heavy atom. The molecule has 0 unspecified atom stereocenters. The van der Waals surface area contributed by atoms with Gasteiger partial charge in [-0.3, -0.25) is 0 Å². The Bertz CT molecular complexity index is 452. The van der Waals surface area contributed by atoms with Crippen molar-refractivity contribution in [3.05, 3.63) is 71.8 Å². The van der Waals surface area contributed by atoms with E-state index in [-0.39, 0.29) is 0 Å². The second-order valence-electron chi connectivity index (χ2n) is 4.31. The summed E-state index contributed by atoms with van der Waals surface area (Å²) in [4.78, 5) is 0. The third kappa shape index (κ3) is 3.69. The number of thiocarbonyl (C=S) groups is 1. The van der Waals surface area contributed by atoms with Crippen LogP contribution in [0.3, 0.4) is 0 Å². The van der Waals surface area contributed by atoms with Gasteiger partial charge in [-0.25, -0.2) is 0 Å². The average molecular weight is 272 g/mol. The molecule has 0 N–H and O–H groups in total. The zero-order chi connectivity index (χ0) is 12.8. The van der Waals surface area contributed by atoms with Crippen LogP contribution in [0.15, 0.2) is 60.7 Å². The number of hydrogen-bond acceptors (Lipinski definition) is 1. The highest BCUT2D eigenvalue weighted by atomic mass is 32.1. The fourth-order valence-corrected chi connectivity index (χ4v) is 2.41. The van der Waals surface area contributed by atoms with E-state index in [1.165, 1.54) is 11.1 Å². The Balaban J connectivity index is 2.26. The zero-order valence-electron chi connectivity index (χ0n) is 10.1. The van der Waals surface area contributed by atoms with Gasteiger partial charge in [-0.2, -0.15) is 0 Å². The van der Waals surface area contributed by atoms with Gasteiger partial charge in [0.25, 0.3) is 0 Å². The molecule has 92 valence electrons. The summed E-state index contributed by atoms with van der Waals surface area (Å²) in [6.07, 6.45) is 1.88. The van der Waals surface area contributed by atoms with Crippen molar-refractivity contribution >= 4 is 29.0 Å². The van der Waals surface area contributed by atoms with Crippen LogP contribution in [-0.2, 0) is 0 Å². The van der Waals surface area contributed by atoms with Crippen molar-refractivity contribution in [3.8, 4) is 0 Å². The van der Waals surface area contributed by atoms with Gasteiger partial charge in [0.15, 0.2) is 0 Å². The molecule has 0 fully saturated rings. The maximum Gasteiger partial charge on any atom is 0.0448 e. The van der Waals surface area contributed by atoms with Gasteiger partial charge in [0.2, 0.25) is 0 Å². The highest BCUT2D eigenvalue weighted by Gasteiger charge is 2.13. The first-order valence-electron chi connectivity index (χ1n) is 6.09. The SMILES string of the molecule is S=C(S)CCC(c1ccccc1)c1ccccc1. The monoisotopic (exact) mass is 272 g/mol. The predicted molar refractivity (Wildman–Crippen MR) is 85.5 cm³/mol. The molecule has 0 spiro atoms. The summed E-state index contributed by atoms with van der Waals surface area (Å²) in [5.74, 6) is 0.400. The van der Waals surface area contributed by atoms with Gasteiger partial charge in [0.05, 0.1) is 0 Å². The molecule has 2 aromatic carbocycles. The van der Waals surface area contributed by atoms with Crippen LogP contribution >= 0.6 is 24.8 Å². The van der Waals surface area contributed by atoms with E-state index in [2.05, 4.69) is 73.3 Å². The van der Waals surface area contributed by atoms with E-state index >= 15 is 0 Å². The van der Waals surface area contributed by atoms with Crippen LogP contribution < -0.4 is 0 Å².